The van der Waals surface area contributed by atoms with Gasteiger partial charge in [0.05, 0.1) is 0 Å². The first-order valence-electron chi connectivity index (χ1n) is 7.47. The van der Waals surface area contributed by atoms with Gasteiger partial charge in [-0.1, -0.05) is 39.8 Å². The fraction of sp³-hybridized carbons (Fsp3) is 0.625. The van der Waals surface area contributed by atoms with Crippen molar-refractivity contribution in [2.24, 2.45) is 0 Å². The molecule has 3 heteroatoms. The summed E-state index contributed by atoms with van der Waals surface area (Å²) < 4.78 is 0. The SMILES string of the molecule is CCP(CC)Cc1cccc(N)c1CP(CC)CC. The fourth-order valence-electron chi connectivity index (χ4n) is 2.35. The minimum Gasteiger partial charge on any atom is -0.398 e. The van der Waals surface area contributed by atoms with Crippen LogP contribution in [0.15, 0.2) is 18.2 Å². The lowest BCUT2D eigenvalue weighted by atomic mass is 10.1. The Morgan fingerprint density at radius 1 is 0.842 bits per heavy atom. The first-order chi connectivity index (χ1) is 9.15. The maximum Gasteiger partial charge on any atom is 0.0353 e. The minimum atomic E-state index is 0.129. The van der Waals surface area contributed by atoms with Crippen LogP contribution in [0.4, 0.5) is 5.69 Å². The van der Waals surface area contributed by atoms with Gasteiger partial charge in [-0.2, -0.15) is 0 Å². The van der Waals surface area contributed by atoms with Crippen LogP contribution in [0.3, 0.4) is 0 Å². The number of hydrogen-bond acceptors (Lipinski definition) is 1. The predicted octanol–water partition coefficient (Wildman–Crippen LogP) is 5.31. The lowest BCUT2D eigenvalue weighted by Gasteiger charge is -2.21. The van der Waals surface area contributed by atoms with E-state index in [9.17, 15) is 0 Å². The van der Waals surface area contributed by atoms with Crippen molar-refractivity contribution in [1.29, 1.82) is 0 Å². The zero-order valence-corrected chi connectivity index (χ0v) is 14.7. The van der Waals surface area contributed by atoms with Crippen molar-refractivity contribution < 1.29 is 0 Å². The third kappa shape index (κ3) is 5.05. The van der Waals surface area contributed by atoms with Crippen molar-refractivity contribution in [2.75, 3.05) is 30.4 Å². The van der Waals surface area contributed by atoms with E-state index in [0.29, 0.717) is 0 Å². The maximum atomic E-state index is 6.26. The van der Waals surface area contributed by atoms with Gasteiger partial charge >= 0.3 is 0 Å². The number of nitrogen functional groups attached to an aromatic ring is 1. The van der Waals surface area contributed by atoms with Crippen LogP contribution in [-0.4, -0.2) is 24.6 Å². The van der Waals surface area contributed by atoms with Crippen LogP contribution < -0.4 is 5.73 Å². The van der Waals surface area contributed by atoms with E-state index >= 15 is 0 Å². The zero-order chi connectivity index (χ0) is 14.3. The largest absolute Gasteiger partial charge is 0.398 e. The molecule has 0 aliphatic heterocycles. The van der Waals surface area contributed by atoms with Crippen LogP contribution in [-0.2, 0) is 12.3 Å². The second kappa shape index (κ2) is 8.93. The lowest BCUT2D eigenvalue weighted by Crippen LogP contribution is -2.02. The highest BCUT2D eigenvalue weighted by atomic mass is 31.1. The number of rotatable bonds is 8. The Labute approximate surface area is 121 Å². The second-order valence-electron chi connectivity index (χ2n) is 4.91. The number of benzene rings is 1. The molecule has 0 unspecified atom stereocenters. The molecule has 1 aromatic rings. The summed E-state index contributed by atoms with van der Waals surface area (Å²) >= 11 is 0. The standard InChI is InChI=1S/C16H29NP2/c1-5-18(6-2)12-14-10-9-11-16(17)15(14)13-19(7-3)8-4/h9-11H,5-8,12-13,17H2,1-4H3. The Bertz CT molecular complexity index is 371. The Hall–Kier alpha value is -0.120. The molecule has 0 spiro atoms. The van der Waals surface area contributed by atoms with Gasteiger partial charge in [0, 0.05) is 5.69 Å². The molecule has 0 fully saturated rings. The van der Waals surface area contributed by atoms with E-state index in [1.54, 1.807) is 0 Å². The van der Waals surface area contributed by atoms with Crippen LogP contribution in [0.5, 0.6) is 0 Å². The van der Waals surface area contributed by atoms with Gasteiger partial charge < -0.3 is 5.73 Å². The fourth-order valence-corrected chi connectivity index (χ4v) is 5.75. The molecule has 0 aliphatic rings. The maximum absolute atomic E-state index is 6.26. The summed E-state index contributed by atoms with van der Waals surface area (Å²) in [6.45, 7) is 9.29. The van der Waals surface area contributed by atoms with E-state index in [-0.39, 0.29) is 15.8 Å². The summed E-state index contributed by atoms with van der Waals surface area (Å²) in [6, 6.07) is 6.52. The molecule has 19 heavy (non-hydrogen) atoms. The number of hydrogen-bond donors (Lipinski definition) is 1. The molecule has 0 aromatic heterocycles. The van der Waals surface area contributed by atoms with E-state index in [0.717, 1.165) is 5.69 Å². The van der Waals surface area contributed by atoms with Crippen molar-refractivity contribution in [3.05, 3.63) is 29.3 Å². The predicted molar refractivity (Wildman–Crippen MR) is 94.3 cm³/mol. The molecule has 1 rings (SSSR count). The zero-order valence-electron chi connectivity index (χ0n) is 12.9. The van der Waals surface area contributed by atoms with Crippen molar-refractivity contribution in [3.63, 3.8) is 0 Å². The monoisotopic (exact) mass is 297 g/mol. The van der Waals surface area contributed by atoms with Gasteiger partial charge in [-0.25, -0.2) is 0 Å². The molecule has 1 nitrogen and oxygen atoms in total. The summed E-state index contributed by atoms with van der Waals surface area (Å²) in [5.41, 5.74) is 10.3. The highest BCUT2D eigenvalue weighted by molar-refractivity contribution is 7.57. The van der Waals surface area contributed by atoms with Gasteiger partial charge in [-0.15, -0.1) is 15.8 Å². The average molecular weight is 297 g/mol. The van der Waals surface area contributed by atoms with Crippen molar-refractivity contribution in [3.8, 4) is 0 Å². The molecule has 1 aromatic carbocycles. The van der Waals surface area contributed by atoms with Crippen molar-refractivity contribution in [1.82, 2.24) is 0 Å². The smallest absolute Gasteiger partial charge is 0.0353 e. The Kier molecular flexibility index (Phi) is 7.96. The molecule has 0 saturated heterocycles. The summed E-state index contributed by atoms with van der Waals surface area (Å²) in [6.07, 6.45) is 7.78. The highest BCUT2D eigenvalue weighted by Crippen LogP contribution is 2.44. The van der Waals surface area contributed by atoms with Gasteiger partial charge in [-0.05, 0) is 54.2 Å². The summed E-state index contributed by atoms with van der Waals surface area (Å²) in [4.78, 5) is 0. The quantitative estimate of drug-likeness (QED) is 0.510. The van der Waals surface area contributed by atoms with E-state index < -0.39 is 0 Å². The summed E-state index contributed by atoms with van der Waals surface area (Å²) in [7, 11) is 0.286. The topological polar surface area (TPSA) is 26.0 Å². The molecule has 2 N–H and O–H groups in total. The van der Waals surface area contributed by atoms with Gasteiger partial charge in [0.2, 0.25) is 0 Å². The second-order valence-corrected chi connectivity index (χ2v) is 10.8. The number of nitrogens with two attached hydrogens (primary N) is 1. The van der Waals surface area contributed by atoms with Crippen LogP contribution >= 0.6 is 15.8 Å². The van der Waals surface area contributed by atoms with E-state index in [4.69, 9.17) is 5.73 Å². The van der Waals surface area contributed by atoms with Gasteiger partial charge in [0.1, 0.15) is 0 Å². The van der Waals surface area contributed by atoms with Crippen LogP contribution in [0.25, 0.3) is 0 Å². The normalized spacial score (nSPS) is 11.5. The average Bonchev–Trinajstić information content (AvgIpc) is 2.44. The van der Waals surface area contributed by atoms with E-state index in [1.165, 1.54) is 48.1 Å². The molecule has 0 aliphatic carbocycles. The minimum absolute atomic E-state index is 0.129. The molecule has 0 atom stereocenters. The van der Waals surface area contributed by atoms with Crippen LogP contribution in [0.1, 0.15) is 38.8 Å². The summed E-state index contributed by atoms with van der Waals surface area (Å²) in [5.74, 6) is 0. The Morgan fingerprint density at radius 2 is 1.37 bits per heavy atom. The van der Waals surface area contributed by atoms with Crippen molar-refractivity contribution in [2.45, 2.75) is 40.0 Å². The molecule has 108 valence electrons. The molecule has 0 amide bonds. The van der Waals surface area contributed by atoms with Crippen molar-refractivity contribution >= 4 is 21.5 Å². The van der Waals surface area contributed by atoms with Gasteiger partial charge in [-0.3, -0.25) is 0 Å². The highest BCUT2D eigenvalue weighted by Gasteiger charge is 2.13. The molecular formula is C16H29NP2. The molecular weight excluding hydrogens is 268 g/mol. The number of anilines is 1. The Morgan fingerprint density at radius 3 is 1.89 bits per heavy atom. The van der Waals surface area contributed by atoms with Crippen LogP contribution in [0, 0.1) is 0 Å². The third-order valence-electron chi connectivity index (χ3n) is 3.87. The molecule has 0 radical (unpaired) electrons. The molecule has 0 bridgehead atoms. The molecule has 0 saturated carbocycles. The van der Waals surface area contributed by atoms with E-state index in [1.807, 2.05) is 0 Å². The first kappa shape index (κ1) is 16.9. The van der Waals surface area contributed by atoms with E-state index in [2.05, 4.69) is 45.9 Å². The summed E-state index contributed by atoms with van der Waals surface area (Å²) in [5, 5.41) is 0. The van der Waals surface area contributed by atoms with Gasteiger partial charge in [0.15, 0.2) is 0 Å². The van der Waals surface area contributed by atoms with Gasteiger partial charge in [0.25, 0.3) is 0 Å². The Balaban J connectivity index is 2.94. The van der Waals surface area contributed by atoms with Crippen LogP contribution in [0.2, 0.25) is 0 Å². The lowest BCUT2D eigenvalue weighted by molar-refractivity contribution is 1.22. The first-order valence-corrected chi connectivity index (χ1v) is 11.3. The third-order valence-corrected chi connectivity index (χ3v) is 9.00. The molecule has 0 heterocycles.